The van der Waals surface area contributed by atoms with E-state index in [0.29, 0.717) is 18.7 Å². The molecule has 0 bridgehead atoms. The summed E-state index contributed by atoms with van der Waals surface area (Å²) in [7, 11) is -1.14. The van der Waals surface area contributed by atoms with Gasteiger partial charge in [0.2, 0.25) is 0 Å². The standard InChI is InChI=1S/C26H28N4O6S/c1-29(2)37(33,34)30-16-26(32)36-25-10-7-17(13-23(25)30)24(31)15-27-11-12-35-18-8-9-20-19-5-3-4-6-21(19)28-22(20)14-18/h3-10,13-14,24,27-28,31H,11-12,15-16H2,1-2H3/t24-/m0/s1. The van der Waals surface area contributed by atoms with E-state index in [0.717, 1.165) is 30.8 Å². The molecule has 10 nitrogen and oxygen atoms in total. The molecule has 0 saturated heterocycles. The summed E-state index contributed by atoms with van der Waals surface area (Å²) in [6.07, 6.45) is -0.908. The lowest BCUT2D eigenvalue weighted by atomic mass is 10.1. The number of fused-ring (bicyclic) bond motifs is 4. The number of nitrogens with one attached hydrogen (secondary N) is 2. The second kappa shape index (κ2) is 10.0. The van der Waals surface area contributed by atoms with Crippen LogP contribution in [0.4, 0.5) is 5.69 Å². The maximum Gasteiger partial charge on any atom is 0.332 e. The van der Waals surface area contributed by atoms with Gasteiger partial charge in [0.15, 0.2) is 5.75 Å². The molecule has 37 heavy (non-hydrogen) atoms. The first-order valence-corrected chi connectivity index (χ1v) is 13.2. The van der Waals surface area contributed by atoms with Crippen LogP contribution >= 0.6 is 0 Å². The Morgan fingerprint density at radius 1 is 1.11 bits per heavy atom. The molecule has 3 N–H and O–H groups in total. The van der Waals surface area contributed by atoms with Crippen LogP contribution in [0.1, 0.15) is 11.7 Å². The van der Waals surface area contributed by atoms with Crippen LogP contribution in [0.2, 0.25) is 0 Å². The Morgan fingerprint density at radius 3 is 2.70 bits per heavy atom. The number of nitrogens with zero attached hydrogens (tertiary/aromatic N) is 2. The molecule has 0 radical (unpaired) electrons. The average Bonchev–Trinajstić information content (AvgIpc) is 3.25. The van der Waals surface area contributed by atoms with Gasteiger partial charge >= 0.3 is 16.2 Å². The van der Waals surface area contributed by atoms with E-state index in [9.17, 15) is 18.3 Å². The van der Waals surface area contributed by atoms with Crippen LogP contribution in [-0.4, -0.2) is 69.1 Å². The molecule has 194 valence electrons. The number of ether oxygens (including phenoxy) is 2. The molecule has 3 aromatic carbocycles. The maximum absolute atomic E-state index is 12.7. The SMILES string of the molecule is CN(C)S(=O)(=O)N1CC(=O)Oc2ccc([C@@H](O)CNCCOc3ccc4c(c3)[nH]c3ccccc34)cc21. The number of anilines is 1. The first kappa shape index (κ1) is 25.0. The Hall–Kier alpha value is -3.64. The fourth-order valence-corrected chi connectivity index (χ4v) is 5.36. The molecule has 5 rings (SSSR count). The quantitative estimate of drug-likeness (QED) is 0.175. The second-order valence-electron chi connectivity index (χ2n) is 8.94. The number of benzene rings is 3. The minimum absolute atomic E-state index is 0.130. The van der Waals surface area contributed by atoms with Crippen LogP contribution in [0, 0.1) is 0 Å². The minimum atomic E-state index is -3.91. The molecule has 1 atom stereocenters. The molecule has 2 heterocycles. The van der Waals surface area contributed by atoms with Gasteiger partial charge in [-0.05, 0) is 35.9 Å². The van der Waals surface area contributed by atoms with Crippen molar-refractivity contribution < 1.29 is 27.8 Å². The molecule has 1 aliphatic heterocycles. The predicted molar refractivity (Wildman–Crippen MR) is 141 cm³/mol. The van der Waals surface area contributed by atoms with Gasteiger partial charge in [-0.15, -0.1) is 0 Å². The van der Waals surface area contributed by atoms with E-state index in [2.05, 4.69) is 16.4 Å². The number of aliphatic hydroxyl groups excluding tert-OH is 1. The number of rotatable bonds is 9. The molecule has 4 aromatic rings. The van der Waals surface area contributed by atoms with Crippen molar-refractivity contribution >= 4 is 43.7 Å². The third-order valence-electron chi connectivity index (χ3n) is 6.24. The number of aromatic nitrogens is 1. The minimum Gasteiger partial charge on any atom is -0.492 e. The van der Waals surface area contributed by atoms with Crippen molar-refractivity contribution in [2.24, 2.45) is 0 Å². The molecule has 0 unspecified atom stereocenters. The lowest BCUT2D eigenvalue weighted by Gasteiger charge is -2.31. The van der Waals surface area contributed by atoms with Crippen molar-refractivity contribution in [1.29, 1.82) is 0 Å². The van der Waals surface area contributed by atoms with Crippen molar-refractivity contribution in [3.05, 3.63) is 66.2 Å². The molecule has 0 saturated carbocycles. The Labute approximate surface area is 214 Å². The molecule has 1 aliphatic rings. The topological polar surface area (TPSA) is 124 Å². The number of carbonyl (C=O) groups is 1. The highest BCUT2D eigenvalue weighted by Gasteiger charge is 2.34. The van der Waals surface area contributed by atoms with E-state index in [1.54, 1.807) is 6.07 Å². The zero-order valence-corrected chi connectivity index (χ0v) is 21.3. The van der Waals surface area contributed by atoms with Crippen LogP contribution in [-0.2, 0) is 15.0 Å². The summed E-state index contributed by atoms with van der Waals surface area (Å²) >= 11 is 0. The zero-order valence-electron chi connectivity index (χ0n) is 20.5. The van der Waals surface area contributed by atoms with Crippen LogP contribution in [0.5, 0.6) is 11.5 Å². The Bertz CT molecular complexity index is 1570. The van der Waals surface area contributed by atoms with E-state index in [1.807, 2.05) is 36.4 Å². The highest BCUT2D eigenvalue weighted by Crippen LogP contribution is 2.36. The number of hydrogen-bond acceptors (Lipinski definition) is 7. The van der Waals surface area contributed by atoms with Gasteiger partial charge in [0.25, 0.3) is 0 Å². The number of H-pyrrole nitrogens is 1. The second-order valence-corrected chi connectivity index (χ2v) is 11.0. The lowest BCUT2D eigenvalue weighted by Crippen LogP contribution is -2.46. The maximum atomic E-state index is 12.7. The third kappa shape index (κ3) is 4.98. The number of hydrogen-bond donors (Lipinski definition) is 3. The van der Waals surface area contributed by atoms with Gasteiger partial charge in [-0.25, -0.2) is 9.10 Å². The van der Waals surface area contributed by atoms with Crippen molar-refractivity contribution in [2.45, 2.75) is 6.10 Å². The first-order valence-electron chi connectivity index (χ1n) is 11.8. The van der Waals surface area contributed by atoms with Crippen LogP contribution < -0.4 is 19.1 Å². The molecule has 0 amide bonds. The molecule has 0 fully saturated rings. The van der Waals surface area contributed by atoms with Crippen molar-refractivity contribution in [3.63, 3.8) is 0 Å². The highest BCUT2D eigenvalue weighted by atomic mass is 32.2. The number of para-hydroxylation sites is 1. The largest absolute Gasteiger partial charge is 0.492 e. The molecule has 0 aliphatic carbocycles. The van der Waals surface area contributed by atoms with Gasteiger partial charge in [0, 0.05) is 49.5 Å². The van der Waals surface area contributed by atoms with E-state index >= 15 is 0 Å². The van der Waals surface area contributed by atoms with Gasteiger partial charge in [0.05, 0.1) is 17.3 Å². The first-order chi connectivity index (χ1) is 17.7. The fraction of sp³-hybridized carbons (Fsp3) is 0.269. The fourth-order valence-electron chi connectivity index (χ4n) is 4.30. The van der Waals surface area contributed by atoms with E-state index in [4.69, 9.17) is 9.47 Å². The molecule has 11 heteroatoms. The molecule has 0 spiro atoms. The van der Waals surface area contributed by atoms with E-state index in [-0.39, 0.29) is 18.0 Å². The lowest BCUT2D eigenvalue weighted by molar-refractivity contribution is -0.133. The summed E-state index contributed by atoms with van der Waals surface area (Å²) in [6, 6.07) is 18.7. The number of esters is 1. The van der Waals surface area contributed by atoms with Gasteiger partial charge in [-0.2, -0.15) is 12.7 Å². The number of carbonyl (C=O) groups excluding carboxylic acids is 1. The third-order valence-corrected chi connectivity index (χ3v) is 8.04. The Morgan fingerprint density at radius 2 is 1.89 bits per heavy atom. The van der Waals surface area contributed by atoms with Crippen LogP contribution in [0.15, 0.2) is 60.7 Å². The van der Waals surface area contributed by atoms with E-state index < -0.39 is 28.8 Å². The summed E-state index contributed by atoms with van der Waals surface area (Å²) in [5.74, 6) is 0.204. The number of aromatic amines is 1. The average molecular weight is 525 g/mol. The molecular weight excluding hydrogens is 496 g/mol. The highest BCUT2D eigenvalue weighted by molar-refractivity contribution is 7.90. The van der Waals surface area contributed by atoms with Gasteiger partial charge in [-0.1, -0.05) is 24.3 Å². The van der Waals surface area contributed by atoms with Crippen molar-refractivity contribution in [2.75, 3.05) is 44.6 Å². The monoisotopic (exact) mass is 524 g/mol. The summed E-state index contributed by atoms with van der Waals surface area (Å²) in [5.41, 5.74) is 2.78. The Balaban J connectivity index is 1.18. The predicted octanol–water partition coefficient (Wildman–Crippen LogP) is 2.55. The smallest absolute Gasteiger partial charge is 0.332 e. The van der Waals surface area contributed by atoms with Gasteiger partial charge in [-0.3, -0.25) is 0 Å². The normalized spacial score (nSPS) is 14.7. The summed E-state index contributed by atoms with van der Waals surface area (Å²) in [6.45, 7) is 0.676. The Kier molecular flexibility index (Phi) is 6.78. The van der Waals surface area contributed by atoms with Crippen molar-refractivity contribution in [1.82, 2.24) is 14.6 Å². The van der Waals surface area contributed by atoms with E-state index in [1.165, 1.54) is 31.6 Å². The molecular formula is C26H28N4O6S. The van der Waals surface area contributed by atoms with Crippen molar-refractivity contribution in [3.8, 4) is 11.5 Å². The zero-order chi connectivity index (χ0) is 26.2. The summed E-state index contributed by atoms with van der Waals surface area (Å²) in [4.78, 5) is 15.3. The summed E-state index contributed by atoms with van der Waals surface area (Å²) < 4.78 is 38.5. The summed E-state index contributed by atoms with van der Waals surface area (Å²) in [5, 5.41) is 16.1. The number of aliphatic hydroxyl groups is 1. The van der Waals surface area contributed by atoms with Crippen LogP contribution in [0.3, 0.4) is 0 Å². The van der Waals surface area contributed by atoms with Gasteiger partial charge in [0.1, 0.15) is 18.9 Å². The van der Waals surface area contributed by atoms with Crippen LogP contribution in [0.25, 0.3) is 21.8 Å². The molecule has 1 aromatic heterocycles. The van der Waals surface area contributed by atoms with Gasteiger partial charge < -0.3 is 24.9 Å².